The summed E-state index contributed by atoms with van der Waals surface area (Å²) in [6.45, 7) is 0.353. The van der Waals surface area contributed by atoms with E-state index in [0.717, 1.165) is 28.8 Å². The van der Waals surface area contributed by atoms with Crippen molar-refractivity contribution in [3.8, 4) is 0 Å². The Labute approximate surface area is 173 Å². The van der Waals surface area contributed by atoms with Crippen molar-refractivity contribution in [2.24, 2.45) is 0 Å². The Hall–Kier alpha value is -3.11. The maximum absolute atomic E-state index is 13.6. The minimum absolute atomic E-state index is 0.0828. The van der Waals surface area contributed by atoms with Gasteiger partial charge in [-0.1, -0.05) is 54.1 Å². The van der Waals surface area contributed by atoms with Gasteiger partial charge in [0.2, 0.25) is 5.91 Å². The monoisotopic (exact) mass is 403 g/mol. The molecule has 1 heterocycles. The number of hydrogen-bond donors (Lipinski definition) is 1. The van der Waals surface area contributed by atoms with Crippen LogP contribution in [-0.4, -0.2) is 17.0 Å². The van der Waals surface area contributed by atoms with Gasteiger partial charge in [0.15, 0.2) is 0 Å². The molecule has 1 saturated carbocycles. The number of amides is 1. The molecule has 1 amide bonds. The highest BCUT2D eigenvalue weighted by Gasteiger charge is 2.66. The SMILES string of the molecule is O=C(O)c1cccc(CN2C(=O)[C@@]3(C[C@@H]3c3ccc(Cl)cc3)c3ccccc32)c1. The Balaban J connectivity index is 1.51. The third kappa shape index (κ3) is 2.75. The van der Waals surface area contributed by atoms with Gasteiger partial charge in [-0.15, -0.1) is 0 Å². The third-order valence-electron chi connectivity index (χ3n) is 6.05. The minimum Gasteiger partial charge on any atom is -0.478 e. The van der Waals surface area contributed by atoms with Gasteiger partial charge in [0, 0.05) is 16.6 Å². The van der Waals surface area contributed by atoms with Crippen molar-refractivity contribution in [1.82, 2.24) is 0 Å². The molecule has 1 fully saturated rings. The Morgan fingerprint density at radius 2 is 1.83 bits per heavy atom. The number of carbonyl (C=O) groups is 2. The van der Waals surface area contributed by atoms with Gasteiger partial charge in [0.1, 0.15) is 0 Å². The zero-order chi connectivity index (χ0) is 20.2. The van der Waals surface area contributed by atoms with E-state index >= 15 is 0 Å². The maximum atomic E-state index is 13.6. The lowest BCUT2D eigenvalue weighted by Gasteiger charge is -2.19. The van der Waals surface area contributed by atoms with Crippen LogP contribution in [0, 0.1) is 0 Å². The number of carboxylic acids is 1. The standard InChI is InChI=1S/C24H18ClNO3/c25-18-10-8-16(9-11-18)20-13-24(20)19-6-1-2-7-21(19)26(23(24)29)14-15-4-3-5-17(12-15)22(27)28/h1-12,20H,13-14H2,(H,27,28)/t20-,24+/m1/s1. The van der Waals surface area contributed by atoms with Crippen LogP contribution in [0.2, 0.25) is 5.02 Å². The molecule has 29 heavy (non-hydrogen) atoms. The van der Waals surface area contributed by atoms with Gasteiger partial charge < -0.3 is 10.0 Å². The highest BCUT2D eigenvalue weighted by Crippen LogP contribution is 2.66. The topological polar surface area (TPSA) is 57.6 Å². The van der Waals surface area contributed by atoms with Gasteiger partial charge in [-0.25, -0.2) is 4.79 Å². The molecule has 3 aromatic carbocycles. The molecule has 4 nitrogen and oxygen atoms in total. The highest BCUT2D eigenvalue weighted by molar-refractivity contribution is 6.30. The molecule has 0 radical (unpaired) electrons. The van der Waals surface area contributed by atoms with Gasteiger partial charge >= 0.3 is 5.97 Å². The molecule has 1 N–H and O–H groups in total. The number of nitrogens with zero attached hydrogens (tertiary/aromatic N) is 1. The molecular weight excluding hydrogens is 386 g/mol. The average Bonchev–Trinajstić information content (AvgIpc) is 3.44. The second kappa shape index (κ2) is 6.46. The summed E-state index contributed by atoms with van der Waals surface area (Å²) >= 11 is 6.03. The van der Waals surface area contributed by atoms with Crippen molar-refractivity contribution >= 4 is 29.2 Å². The Morgan fingerprint density at radius 1 is 1.07 bits per heavy atom. The lowest BCUT2D eigenvalue weighted by molar-refractivity contribution is -0.120. The molecule has 0 unspecified atom stereocenters. The number of para-hydroxylation sites is 1. The van der Waals surface area contributed by atoms with Crippen molar-refractivity contribution in [1.29, 1.82) is 0 Å². The molecule has 5 heteroatoms. The van der Waals surface area contributed by atoms with E-state index < -0.39 is 11.4 Å². The van der Waals surface area contributed by atoms with Crippen molar-refractivity contribution in [3.05, 3.63) is 100 Å². The van der Waals surface area contributed by atoms with E-state index in [2.05, 4.69) is 0 Å². The van der Waals surface area contributed by atoms with Crippen LogP contribution in [0.3, 0.4) is 0 Å². The summed E-state index contributed by atoms with van der Waals surface area (Å²) in [7, 11) is 0. The summed E-state index contributed by atoms with van der Waals surface area (Å²) < 4.78 is 0. The number of rotatable bonds is 4. The van der Waals surface area contributed by atoms with Crippen LogP contribution >= 0.6 is 11.6 Å². The van der Waals surface area contributed by atoms with Gasteiger partial charge in [0.05, 0.1) is 17.5 Å². The minimum atomic E-state index is -0.971. The fourth-order valence-electron chi connectivity index (χ4n) is 4.59. The largest absolute Gasteiger partial charge is 0.478 e. The van der Waals surface area contributed by atoms with E-state index in [1.54, 1.807) is 23.1 Å². The first-order valence-corrected chi connectivity index (χ1v) is 9.88. The van der Waals surface area contributed by atoms with E-state index in [1.165, 1.54) is 0 Å². The summed E-state index contributed by atoms with van der Waals surface area (Å²) in [5.41, 5.74) is 3.58. The van der Waals surface area contributed by atoms with Gasteiger partial charge in [-0.3, -0.25) is 4.79 Å². The lowest BCUT2D eigenvalue weighted by Crippen LogP contribution is -2.32. The molecule has 1 aliphatic carbocycles. The first kappa shape index (κ1) is 18.0. The van der Waals surface area contributed by atoms with Crippen molar-refractivity contribution < 1.29 is 14.7 Å². The number of halogens is 1. The van der Waals surface area contributed by atoms with Gasteiger partial charge in [-0.2, -0.15) is 0 Å². The molecule has 3 aromatic rings. The second-order valence-corrected chi connectivity index (χ2v) is 8.13. The normalized spacial score (nSPS) is 22.0. The van der Waals surface area contributed by atoms with Crippen LogP contribution in [0.25, 0.3) is 0 Å². The first-order valence-electron chi connectivity index (χ1n) is 9.50. The van der Waals surface area contributed by atoms with E-state index in [0.29, 0.717) is 11.6 Å². The van der Waals surface area contributed by atoms with Crippen LogP contribution in [-0.2, 0) is 16.8 Å². The average molecular weight is 404 g/mol. The molecule has 0 aromatic heterocycles. The molecular formula is C24H18ClNO3. The quantitative estimate of drug-likeness (QED) is 0.666. The first-order chi connectivity index (χ1) is 14.0. The number of benzene rings is 3. The van der Waals surface area contributed by atoms with Gasteiger partial charge in [-0.05, 0) is 53.4 Å². The van der Waals surface area contributed by atoms with Crippen molar-refractivity contribution in [2.75, 3.05) is 4.90 Å². The summed E-state index contributed by atoms with van der Waals surface area (Å²) in [4.78, 5) is 26.7. The molecule has 2 atom stereocenters. The molecule has 2 aliphatic rings. The fourth-order valence-corrected chi connectivity index (χ4v) is 4.71. The Morgan fingerprint density at radius 3 is 2.59 bits per heavy atom. The molecule has 5 rings (SSSR count). The van der Waals surface area contributed by atoms with Crippen molar-refractivity contribution in [2.45, 2.75) is 24.3 Å². The number of hydrogen-bond acceptors (Lipinski definition) is 2. The van der Waals surface area contributed by atoms with E-state index in [4.69, 9.17) is 11.6 Å². The number of aromatic carboxylic acids is 1. The predicted molar refractivity (Wildman–Crippen MR) is 112 cm³/mol. The summed E-state index contributed by atoms with van der Waals surface area (Å²) in [6, 6.07) is 22.4. The van der Waals surface area contributed by atoms with Crippen LogP contribution in [0.4, 0.5) is 5.69 Å². The van der Waals surface area contributed by atoms with E-state index in [-0.39, 0.29) is 17.4 Å². The number of anilines is 1. The second-order valence-electron chi connectivity index (χ2n) is 7.69. The molecule has 144 valence electrons. The maximum Gasteiger partial charge on any atom is 0.335 e. The van der Waals surface area contributed by atoms with Crippen LogP contribution in [0.15, 0.2) is 72.8 Å². The van der Waals surface area contributed by atoms with Gasteiger partial charge in [0.25, 0.3) is 0 Å². The smallest absolute Gasteiger partial charge is 0.335 e. The number of fused-ring (bicyclic) bond motifs is 2. The number of carbonyl (C=O) groups excluding carboxylic acids is 1. The Bertz CT molecular complexity index is 1140. The lowest BCUT2D eigenvalue weighted by atomic mass is 9.92. The molecule has 0 bridgehead atoms. The molecule has 1 spiro atoms. The number of carboxylic acid groups (broad SMARTS) is 1. The Kier molecular flexibility index (Phi) is 4.00. The summed E-state index contributed by atoms with van der Waals surface area (Å²) in [6.07, 6.45) is 0.774. The zero-order valence-corrected chi connectivity index (χ0v) is 16.3. The fraction of sp³-hybridized carbons (Fsp3) is 0.167. The van der Waals surface area contributed by atoms with Crippen LogP contribution in [0.1, 0.15) is 39.4 Å². The van der Waals surface area contributed by atoms with E-state index in [1.807, 2.05) is 54.6 Å². The third-order valence-corrected chi connectivity index (χ3v) is 6.30. The molecule has 1 aliphatic heterocycles. The summed E-state index contributed by atoms with van der Waals surface area (Å²) in [5, 5.41) is 9.95. The van der Waals surface area contributed by atoms with Crippen molar-refractivity contribution in [3.63, 3.8) is 0 Å². The van der Waals surface area contributed by atoms with Crippen LogP contribution in [0.5, 0.6) is 0 Å². The zero-order valence-electron chi connectivity index (χ0n) is 15.5. The summed E-state index contributed by atoms with van der Waals surface area (Å²) in [5.74, 6) is -0.760. The highest BCUT2D eigenvalue weighted by atomic mass is 35.5. The van der Waals surface area contributed by atoms with Crippen LogP contribution < -0.4 is 4.90 Å². The molecule has 0 saturated heterocycles. The van der Waals surface area contributed by atoms with E-state index in [9.17, 15) is 14.7 Å². The predicted octanol–water partition coefficient (Wildman–Crippen LogP) is 5.01.